The second kappa shape index (κ2) is 5.95. The number of nitrogens with zero attached hydrogens (tertiary/aromatic N) is 6. The van der Waals surface area contributed by atoms with Crippen LogP contribution in [0.2, 0.25) is 0 Å². The monoisotopic (exact) mass is 350 g/mol. The molecule has 1 aliphatic carbocycles. The Kier molecular flexibility index (Phi) is 3.57. The molecule has 8 heteroatoms. The summed E-state index contributed by atoms with van der Waals surface area (Å²) in [5, 5.41) is 19.3. The van der Waals surface area contributed by atoms with Gasteiger partial charge in [0.15, 0.2) is 0 Å². The van der Waals surface area contributed by atoms with Crippen LogP contribution in [0.1, 0.15) is 25.7 Å². The van der Waals surface area contributed by atoms with Crippen LogP contribution < -0.4 is 10.2 Å². The zero-order chi connectivity index (χ0) is 17.6. The maximum absolute atomic E-state index is 9.43. The standard InChI is InChI=1S/C18H22N8/c19-11-18(4-5-18)12-26-14-1-2-15(26)10-25(9-14)16-3-6-20-17(24-16)23-13-7-21-22-8-13/h3,6-8,14-15H,1-2,4-5,9-10,12H2,(H,21,22)(H,20,23,24)/t14-,15+. The SMILES string of the molecule is N#CC1(CN2[C@@H]3CC[C@H]2CN(c2ccnc(Nc4cn[nH]c4)n2)C3)CC1. The van der Waals surface area contributed by atoms with Gasteiger partial charge in [-0.05, 0) is 31.7 Å². The highest BCUT2D eigenvalue weighted by Gasteiger charge is 2.49. The molecule has 26 heavy (non-hydrogen) atoms. The number of piperazine rings is 1. The van der Waals surface area contributed by atoms with Crippen molar-refractivity contribution in [1.82, 2.24) is 25.1 Å². The highest BCUT2D eigenvalue weighted by atomic mass is 15.4. The Bertz CT molecular complexity index is 808. The Morgan fingerprint density at radius 2 is 2.12 bits per heavy atom. The Balaban J connectivity index is 1.30. The van der Waals surface area contributed by atoms with E-state index in [0.29, 0.717) is 18.0 Å². The molecule has 2 aromatic rings. The number of aromatic amines is 1. The molecular formula is C18H22N8. The number of hydrogen-bond acceptors (Lipinski definition) is 7. The third kappa shape index (κ3) is 2.78. The van der Waals surface area contributed by atoms with Gasteiger partial charge in [0.05, 0.1) is 23.4 Å². The zero-order valence-corrected chi connectivity index (χ0v) is 14.6. The number of fused-ring (bicyclic) bond motifs is 2. The fraction of sp³-hybridized carbons (Fsp3) is 0.556. The van der Waals surface area contributed by atoms with Crippen LogP contribution in [0.5, 0.6) is 0 Å². The van der Waals surface area contributed by atoms with Crippen molar-refractivity contribution >= 4 is 17.5 Å². The molecule has 2 aliphatic heterocycles. The van der Waals surface area contributed by atoms with E-state index in [9.17, 15) is 5.26 Å². The van der Waals surface area contributed by atoms with E-state index < -0.39 is 0 Å². The Labute approximate surface area is 152 Å². The first-order valence-corrected chi connectivity index (χ1v) is 9.25. The van der Waals surface area contributed by atoms with Crippen LogP contribution >= 0.6 is 0 Å². The van der Waals surface area contributed by atoms with Gasteiger partial charge >= 0.3 is 0 Å². The number of nitrogens with one attached hydrogen (secondary N) is 2. The zero-order valence-electron chi connectivity index (χ0n) is 14.6. The van der Waals surface area contributed by atoms with E-state index in [4.69, 9.17) is 0 Å². The van der Waals surface area contributed by atoms with E-state index >= 15 is 0 Å². The van der Waals surface area contributed by atoms with Crippen molar-refractivity contribution in [1.29, 1.82) is 5.26 Å². The van der Waals surface area contributed by atoms with Gasteiger partial charge in [0, 0.05) is 44.1 Å². The first-order chi connectivity index (χ1) is 12.7. The van der Waals surface area contributed by atoms with Crippen molar-refractivity contribution in [3.63, 3.8) is 0 Å². The molecular weight excluding hydrogens is 328 g/mol. The quantitative estimate of drug-likeness (QED) is 0.850. The van der Waals surface area contributed by atoms with E-state index in [0.717, 1.165) is 44.0 Å². The molecule has 2 saturated heterocycles. The number of nitriles is 1. The summed E-state index contributed by atoms with van der Waals surface area (Å²) in [6.45, 7) is 2.89. The lowest BCUT2D eigenvalue weighted by atomic mass is 10.1. The third-order valence-corrected chi connectivity index (χ3v) is 5.93. The van der Waals surface area contributed by atoms with Crippen LogP contribution in [0.15, 0.2) is 24.7 Å². The van der Waals surface area contributed by atoms with Crippen LogP contribution in [0, 0.1) is 16.7 Å². The molecule has 2 aromatic heterocycles. The highest BCUT2D eigenvalue weighted by molar-refractivity contribution is 5.53. The summed E-state index contributed by atoms with van der Waals surface area (Å²) >= 11 is 0. The minimum absolute atomic E-state index is 0.0559. The van der Waals surface area contributed by atoms with Crippen LogP contribution in [0.3, 0.4) is 0 Å². The van der Waals surface area contributed by atoms with Gasteiger partial charge in [0.2, 0.25) is 5.95 Å². The van der Waals surface area contributed by atoms with Crippen LogP contribution in [-0.4, -0.2) is 56.8 Å². The van der Waals surface area contributed by atoms with Crippen LogP contribution in [0.25, 0.3) is 0 Å². The first kappa shape index (κ1) is 15.6. The van der Waals surface area contributed by atoms with Crippen molar-refractivity contribution in [3.8, 4) is 6.07 Å². The predicted octanol–water partition coefficient (Wildman–Crippen LogP) is 1.90. The van der Waals surface area contributed by atoms with Gasteiger partial charge in [-0.1, -0.05) is 0 Å². The molecule has 0 aromatic carbocycles. The molecule has 8 nitrogen and oxygen atoms in total. The molecule has 0 radical (unpaired) electrons. The lowest BCUT2D eigenvalue weighted by molar-refractivity contribution is 0.148. The van der Waals surface area contributed by atoms with Crippen molar-refractivity contribution in [2.45, 2.75) is 37.8 Å². The summed E-state index contributed by atoms with van der Waals surface area (Å²) in [5.74, 6) is 1.55. The molecule has 0 amide bonds. The van der Waals surface area contributed by atoms with E-state index in [1.54, 1.807) is 18.6 Å². The minimum Gasteiger partial charge on any atom is -0.353 e. The van der Waals surface area contributed by atoms with Gasteiger partial charge in [-0.15, -0.1) is 0 Å². The van der Waals surface area contributed by atoms with E-state index in [-0.39, 0.29) is 5.41 Å². The molecule has 2 bridgehead atoms. The highest BCUT2D eigenvalue weighted by Crippen LogP contribution is 2.47. The molecule has 2 atom stereocenters. The Morgan fingerprint density at radius 1 is 1.31 bits per heavy atom. The summed E-state index contributed by atoms with van der Waals surface area (Å²) < 4.78 is 0. The largest absolute Gasteiger partial charge is 0.353 e. The number of anilines is 3. The second-order valence-electron chi connectivity index (χ2n) is 7.70. The predicted molar refractivity (Wildman–Crippen MR) is 96.9 cm³/mol. The smallest absolute Gasteiger partial charge is 0.229 e. The van der Waals surface area contributed by atoms with E-state index in [2.05, 4.69) is 41.4 Å². The molecule has 3 aliphatic rings. The lowest BCUT2D eigenvalue weighted by Gasteiger charge is -2.42. The Morgan fingerprint density at radius 3 is 2.77 bits per heavy atom. The van der Waals surface area contributed by atoms with Gasteiger partial charge in [0.25, 0.3) is 0 Å². The van der Waals surface area contributed by atoms with Crippen LogP contribution in [0.4, 0.5) is 17.5 Å². The summed E-state index contributed by atoms with van der Waals surface area (Å²) in [6, 6.07) is 5.58. The van der Waals surface area contributed by atoms with Gasteiger partial charge in [-0.2, -0.15) is 15.3 Å². The lowest BCUT2D eigenvalue weighted by Crippen LogP contribution is -2.55. The molecule has 134 valence electrons. The second-order valence-corrected chi connectivity index (χ2v) is 7.70. The Hall–Kier alpha value is -2.66. The number of aromatic nitrogens is 4. The topological polar surface area (TPSA) is 96.8 Å². The average Bonchev–Trinajstić information content (AvgIpc) is 3.19. The van der Waals surface area contributed by atoms with Crippen molar-refractivity contribution in [2.24, 2.45) is 5.41 Å². The minimum atomic E-state index is -0.0559. The summed E-state index contributed by atoms with van der Waals surface area (Å²) in [4.78, 5) is 14.0. The van der Waals surface area contributed by atoms with E-state index in [1.807, 2.05) is 6.07 Å². The fourth-order valence-corrected chi connectivity index (χ4v) is 4.27. The number of hydrogen-bond donors (Lipinski definition) is 2. The van der Waals surface area contributed by atoms with Gasteiger partial charge in [0.1, 0.15) is 5.82 Å². The van der Waals surface area contributed by atoms with E-state index in [1.165, 1.54) is 12.8 Å². The van der Waals surface area contributed by atoms with Gasteiger partial charge < -0.3 is 10.2 Å². The molecule has 5 rings (SSSR count). The molecule has 1 saturated carbocycles. The third-order valence-electron chi connectivity index (χ3n) is 5.93. The molecule has 4 heterocycles. The number of H-pyrrole nitrogens is 1. The van der Waals surface area contributed by atoms with Crippen molar-refractivity contribution in [2.75, 3.05) is 29.9 Å². The van der Waals surface area contributed by atoms with Crippen molar-refractivity contribution < 1.29 is 0 Å². The summed E-state index contributed by atoms with van der Waals surface area (Å²) in [5.41, 5.74) is 0.790. The normalized spacial score (nSPS) is 26.5. The molecule has 3 fully saturated rings. The van der Waals surface area contributed by atoms with Gasteiger partial charge in [-0.3, -0.25) is 10.00 Å². The maximum atomic E-state index is 9.43. The summed E-state index contributed by atoms with van der Waals surface area (Å²) in [6.07, 6.45) is 9.85. The fourth-order valence-electron chi connectivity index (χ4n) is 4.27. The average molecular weight is 350 g/mol. The van der Waals surface area contributed by atoms with Crippen molar-refractivity contribution in [3.05, 3.63) is 24.7 Å². The van der Waals surface area contributed by atoms with Crippen LogP contribution in [-0.2, 0) is 0 Å². The summed E-state index contributed by atoms with van der Waals surface area (Å²) in [7, 11) is 0. The van der Waals surface area contributed by atoms with Gasteiger partial charge in [-0.25, -0.2) is 4.98 Å². The molecule has 0 unspecified atom stereocenters. The first-order valence-electron chi connectivity index (χ1n) is 9.25. The molecule has 0 spiro atoms. The molecule has 2 N–H and O–H groups in total. The number of rotatable bonds is 5. The maximum Gasteiger partial charge on any atom is 0.229 e.